The van der Waals surface area contributed by atoms with Crippen molar-refractivity contribution in [1.29, 1.82) is 0 Å². The number of benzene rings is 1. The molecule has 0 spiro atoms. The summed E-state index contributed by atoms with van der Waals surface area (Å²) in [5.74, 6) is 0.0746. The van der Waals surface area contributed by atoms with E-state index in [4.69, 9.17) is 0 Å². The molecule has 1 aliphatic rings. The summed E-state index contributed by atoms with van der Waals surface area (Å²) in [6.07, 6.45) is 0. The first-order valence-electron chi connectivity index (χ1n) is 7.66. The van der Waals surface area contributed by atoms with E-state index in [1.165, 1.54) is 5.56 Å². The fraction of sp³-hybridized carbons (Fsp3) is 0.588. The Morgan fingerprint density at radius 1 is 1.19 bits per heavy atom. The van der Waals surface area contributed by atoms with Gasteiger partial charge in [0.15, 0.2) is 0 Å². The number of nitrogens with zero attached hydrogens (tertiary/aromatic N) is 2. The Morgan fingerprint density at radius 3 is 2.48 bits per heavy atom. The largest absolute Gasteiger partial charge is 0.325 e. The van der Waals surface area contributed by atoms with Gasteiger partial charge in [0, 0.05) is 31.9 Å². The number of amides is 1. The Labute approximate surface area is 128 Å². The van der Waals surface area contributed by atoms with Crippen molar-refractivity contribution in [2.24, 2.45) is 0 Å². The second kappa shape index (κ2) is 6.58. The molecule has 1 amide bonds. The van der Waals surface area contributed by atoms with Crippen molar-refractivity contribution >= 4 is 11.6 Å². The van der Waals surface area contributed by atoms with Crippen LogP contribution in [-0.2, 0) is 10.2 Å². The number of carbonyl (C=O) groups is 1. The smallest absolute Gasteiger partial charge is 0.238 e. The van der Waals surface area contributed by atoms with Gasteiger partial charge in [-0.1, -0.05) is 32.9 Å². The first-order valence-corrected chi connectivity index (χ1v) is 7.66. The number of piperazine rings is 1. The number of hydrogen-bond donors (Lipinski definition) is 1. The van der Waals surface area contributed by atoms with Crippen LogP contribution in [0.15, 0.2) is 24.3 Å². The van der Waals surface area contributed by atoms with E-state index >= 15 is 0 Å². The summed E-state index contributed by atoms with van der Waals surface area (Å²) in [4.78, 5) is 16.7. The van der Waals surface area contributed by atoms with Crippen LogP contribution in [0.1, 0.15) is 26.3 Å². The molecule has 4 heteroatoms. The van der Waals surface area contributed by atoms with Gasteiger partial charge in [0.1, 0.15) is 0 Å². The summed E-state index contributed by atoms with van der Waals surface area (Å²) < 4.78 is 0. The fourth-order valence-corrected chi connectivity index (χ4v) is 2.47. The van der Waals surface area contributed by atoms with Crippen LogP contribution >= 0.6 is 0 Å². The molecule has 0 aliphatic carbocycles. The second-order valence-electron chi connectivity index (χ2n) is 6.96. The van der Waals surface area contributed by atoms with E-state index in [1.54, 1.807) is 0 Å². The summed E-state index contributed by atoms with van der Waals surface area (Å²) in [5, 5.41) is 3.02. The zero-order valence-corrected chi connectivity index (χ0v) is 13.6. The molecule has 0 radical (unpaired) electrons. The molecule has 4 nitrogen and oxygen atoms in total. The molecule has 1 aromatic carbocycles. The highest BCUT2D eigenvalue weighted by Crippen LogP contribution is 2.24. The van der Waals surface area contributed by atoms with Crippen LogP contribution in [0.5, 0.6) is 0 Å². The van der Waals surface area contributed by atoms with Crippen molar-refractivity contribution in [1.82, 2.24) is 9.80 Å². The number of carbonyl (C=O) groups excluding carboxylic acids is 1. The number of anilines is 1. The average molecular weight is 289 g/mol. The van der Waals surface area contributed by atoms with Crippen LogP contribution in [0.4, 0.5) is 5.69 Å². The maximum absolute atomic E-state index is 12.2. The maximum Gasteiger partial charge on any atom is 0.238 e. The molecule has 21 heavy (non-hydrogen) atoms. The molecule has 0 atom stereocenters. The van der Waals surface area contributed by atoms with Crippen molar-refractivity contribution in [3.05, 3.63) is 29.8 Å². The van der Waals surface area contributed by atoms with E-state index in [9.17, 15) is 4.79 Å². The normalized spacial score (nSPS) is 17.7. The minimum absolute atomic E-state index is 0.0746. The van der Waals surface area contributed by atoms with Gasteiger partial charge in [-0.3, -0.25) is 9.69 Å². The number of rotatable bonds is 3. The highest BCUT2D eigenvalue weighted by atomic mass is 16.2. The minimum atomic E-state index is 0.0746. The molecule has 1 aromatic rings. The Bertz CT molecular complexity index is 485. The first-order chi connectivity index (χ1) is 9.84. The van der Waals surface area contributed by atoms with Gasteiger partial charge < -0.3 is 10.2 Å². The summed E-state index contributed by atoms with van der Waals surface area (Å²) in [5.41, 5.74) is 2.22. The Kier molecular flexibility index (Phi) is 5.01. The maximum atomic E-state index is 12.2. The van der Waals surface area contributed by atoms with Crippen molar-refractivity contribution in [3.8, 4) is 0 Å². The lowest BCUT2D eigenvalue weighted by atomic mass is 9.87. The van der Waals surface area contributed by atoms with Gasteiger partial charge in [-0.25, -0.2) is 0 Å². The Balaban J connectivity index is 1.91. The van der Waals surface area contributed by atoms with Crippen LogP contribution in [0.25, 0.3) is 0 Å². The molecule has 1 N–H and O–H groups in total. The lowest BCUT2D eigenvalue weighted by molar-refractivity contribution is -0.117. The monoisotopic (exact) mass is 289 g/mol. The van der Waals surface area contributed by atoms with Crippen molar-refractivity contribution in [2.75, 3.05) is 45.1 Å². The summed E-state index contributed by atoms with van der Waals surface area (Å²) in [6, 6.07) is 8.14. The van der Waals surface area contributed by atoms with E-state index in [1.807, 2.05) is 12.1 Å². The zero-order valence-electron chi connectivity index (χ0n) is 13.6. The Hall–Kier alpha value is -1.39. The SMILES string of the molecule is CN1CCN(CC(=O)Nc2cccc(C(C)(C)C)c2)CC1. The molecule has 1 fully saturated rings. The van der Waals surface area contributed by atoms with Crippen molar-refractivity contribution in [2.45, 2.75) is 26.2 Å². The molecule has 1 saturated heterocycles. The molecule has 1 aliphatic heterocycles. The van der Waals surface area contributed by atoms with Crippen LogP contribution in [-0.4, -0.2) is 55.5 Å². The minimum Gasteiger partial charge on any atom is -0.325 e. The van der Waals surface area contributed by atoms with E-state index in [-0.39, 0.29) is 11.3 Å². The van der Waals surface area contributed by atoms with E-state index in [2.05, 4.69) is 55.1 Å². The van der Waals surface area contributed by atoms with Crippen LogP contribution < -0.4 is 5.32 Å². The number of hydrogen-bond acceptors (Lipinski definition) is 3. The molecule has 0 saturated carbocycles. The summed E-state index contributed by atoms with van der Waals surface area (Å²) in [7, 11) is 2.12. The van der Waals surface area contributed by atoms with Gasteiger partial charge in [-0.2, -0.15) is 0 Å². The summed E-state index contributed by atoms with van der Waals surface area (Å²) in [6.45, 7) is 11.0. The highest BCUT2D eigenvalue weighted by molar-refractivity contribution is 5.92. The van der Waals surface area contributed by atoms with Gasteiger partial charge in [-0.15, -0.1) is 0 Å². The molecular weight excluding hydrogens is 262 g/mol. The third-order valence-corrected chi connectivity index (χ3v) is 3.98. The van der Waals surface area contributed by atoms with Gasteiger partial charge in [-0.05, 0) is 30.2 Å². The van der Waals surface area contributed by atoms with E-state index in [0.717, 1.165) is 31.9 Å². The molecule has 0 unspecified atom stereocenters. The average Bonchev–Trinajstić information content (AvgIpc) is 2.41. The van der Waals surface area contributed by atoms with Crippen molar-refractivity contribution < 1.29 is 4.79 Å². The second-order valence-corrected chi connectivity index (χ2v) is 6.96. The van der Waals surface area contributed by atoms with Gasteiger partial charge in [0.2, 0.25) is 5.91 Å². The number of likely N-dealkylation sites (N-methyl/N-ethyl adjacent to an activating group) is 1. The molecule has 1 heterocycles. The predicted octanol–water partition coefficient (Wildman–Crippen LogP) is 2.17. The van der Waals surface area contributed by atoms with Gasteiger partial charge >= 0.3 is 0 Å². The Morgan fingerprint density at radius 2 is 1.86 bits per heavy atom. The van der Waals surface area contributed by atoms with E-state index in [0.29, 0.717) is 6.54 Å². The number of nitrogens with one attached hydrogen (secondary N) is 1. The third-order valence-electron chi connectivity index (χ3n) is 3.98. The van der Waals surface area contributed by atoms with Crippen LogP contribution in [0.3, 0.4) is 0 Å². The molecular formula is C17H27N3O. The third kappa shape index (κ3) is 4.83. The quantitative estimate of drug-likeness (QED) is 0.926. The standard InChI is InChI=1S/C17H27N3O/c1-17(2,3)14-6-5-7-15(12-14)18-16(21)13-20-10-8-19(4)9-11-20/h5-7,12H,8-11,13H2,1-4H3,(H,18,21). The predicted molar refractivity (Wildman–Crippen MR) is 87.7 cm³/mol. The lowest BCUT2D eigenvalue weighted by Crippen LogP contribution is -2.47. The van der Waals surface area contributed by atoms with E-state index < -0.39 is 0 Å². The summed E-state index contributed by atoms with van der Waals surface area (Å²) >= 11 is 0. The fourth-order valence-electron chi connectivity index (χ4n) is 2.47. The topological polar surface area (TPSA) is 35.6 Å². The molecule has 0 aromatic heterocycles. The lowest BCUT2D eigenvalue weighted by Gasteiger charge is -2.31. The zero-order chi connectivity index (χ0) is 15.5. The molecule has 116 valence electrons. The van der Waals surface area contributed by atoms with Crippen LogP contribution in [0, 0.1) is 0 Å². The van der Waals surface area contributed by atoms with Crippen LogP contribution in [0.2, 0.25) is 0 Å². The van der Waals surface area contributed by atoms with Crippen molar-refractivity contribution in [3.63, 3.8) is 0 Å². The van der Waals surface area contributed by atoms with Gasteiger partial charge in [0.25, 0.3) is 0 Å². The molecule has 0 bridgehead atoms. The van der Waals surface area contributed by atoms with Gasteiger partial charge in [0.05, 0.1) is 6.54 Å². The highest BCUT2D eigenvalue weighted by Gasteiger charge is 2.17. The first kappa shape index (κ1) is 16.0. The molecule has 2 rings (SSSR count).